The summed E-state index contributed by atoms with van der Waals surface area (Å²) in [6.07, 6.45) is 7.56. The minimum Gasteiger partial charge on any atom is -0.454 e. The van der Waals surface area contributed by atoms with Crippen LogP contribution in [0, 0.1) is 0 Å². The lowest BCUT2D eigenvalue weighted by atomic mass is 9.95. The first-order chi connectivity index (χ1) is 11.2. The Morgan fingerprint density at radius 2 is 2.00 bits per heavy atom. The molecule has 7 heteroatoms. The van der Waals surface area contributed by atoms with E-state index in [1.807, 2.05) is 0 Å². The van der Waals surface area contributed by atoms with E-state index in [0.29, 0.717) is 28.1 Å². The number of halogens is 1. The zero-order valence-corrected chi connectivity index (χ0v) is 13.6. The summed E-state index contributed by atoms with van der Waals surface area (Å²) in [5.74, 6) is 1.08. The van der Waals surface area contributed by atoms with Crippen LogP contribution in [0.5, 0.6) is 11.5 Å². The molecule has 2 aliphatic rings. The number of carbonyl (C=O) groups is 1. The van der Waals surface area contributed by atoms with Crippen molar-refractivity contribution in [3.63, 3.8) is 0 Å². The van der Waals surface area contributed by atoms with Crippen molar-refractivity contribution in [3.05, 3.63) is 22.7 Å². The predicted molar refractivity (Wildman–Crippen MR) is 88.2 cm³/mol. The Kier molecular flexibility index (Phi) is 5.35. The highest BCUT2D eigenvalue weighted by Gasteiger charge is 2.16. The third kappa shape index (κ3) is 4.36. The highest BCUT2D eigenvalue weighted by atomic mass is 35.5. The van der Waals surface area contributed by atoms with Crippen LogP contribution in [-0.2, 0) is 4.79 Å². The SMILES string of the molecule is O=C(CNC1CCCCC1)N/N=C\c1cc2c(cc1Cl)OCO2. The van der Waals surface area contributed by atoms with Gasteiger partial charge in [-0.05, 0) is 18.9 Å². The number of fused-ring (bicyclic) bond motifs is 1. The lowest BCUT2D eigenvalue weighted by Gasteiger charge is -2.22. The number of rotatable bonds is 5. The van der Waals surface area contributed by atoms with E-state index in [1.54, 1.807) is 12.1 Å². The molecule has 1 heterocycles. The minimum absolute atomic E-state index is 0.163. The van der Waals surface area contributed by atoms with Crippen molar-refractivity contribution in [3.8, 4) is 11.5 Å². The van der Waals surface area contributed by atoms with E-state index in [0.717, 1.165) is 12.8 Å². The van der Waals surface area contributed by atoms with Gasteiger partial charge in [-0.1, -0.05) is 30.9 Å². The van der Waals surface area contributed by atoms with Crippen LogP contribution in [0.4, 0.5) is 0 Å². The average molecular weight is 338 g/mol. The number of hydrazone groups is 1. The van der Waals surface area contributed by atoms with Crippen molar-refractivity contribution in [2.24, 2.45) is 5.10 Å². The maximum atomic E-state index is 11.8. The summed E-state index contributed by atoms with van der Waals surface area (Å²) in [6.45, 7) is 0.465. The maximum Gasteiger partial charge on any atom is 0.254 e. The molecule has 1 aliphatic heterocycles. The molecule has 23 heavy (non-hydrogen) atoms. The second-order valence-corrected chi connectivity index (χ2v) is 6.14. The summed E-state index contributed by atoms with van der Waals surface area (Å²) >= 11 is 6.13. The lowest BCUT2D eigenvalue weighted by Crippen LogP contribution is -2.38. The molecule has 0 atom stereocenters. The van der Waals surface area contributed by atoms with Gasteiger partial charge in [0.15, 0.2) is 11.5 Å². The van der Waals surface area contributed by atoms with Gasteiger partial charge in [-0.15, -0.1) is 0 Å². The van der Waals surface area contributed by atoms with E-state index in [1.165, 1.54) is 25.5 Å². The van der Waals surface area contributed by atoms with Crippen molar-refractivity contribution >= 4 is 23.7 Å². The molecule has 0 radical (unpaired) electrons. The van der Waals surface area contributed by atoms with Crippen molar-refractivity contribution in [1.82, 2.24) is 10.7 Å². The van der Waals surface area contributed by atoms with E-state index < -0.39 is 0 Å². The topological polar surface area (TPSA) is 72.0 Å². The molecule has 3 rings (SSSR count). The molecule has 2 N–H and O–H groups in total. The fourth-order valence-electron chi connectivity index (χ4n) is 2.79. The predicted octanol–water partition coefficient (Wildman–Crippen LogP) is 2.44. The molecule has 1 aliphatic carbocycles. The largest absolute Gasteiger partial charge is 0.454 e. The molecule has 1 fully saturated rings. The molecule has 1 saturated carbocycles. The van der Waals surface area contributed by atoms with Gasteiger partial charge in [-0.3, -0.25) is 4.79 Å². The number of ether oxygens (including phenoxy) is 2. The normalized spacial score (nSPS) is 17.6. The molecular formula is C16H20ClN3O3. The summed E-state index contributed by atoms with van der Waals surface area (Å²) in [7, 11) is 0. The van der Waals surface area contributed by atoms with E-state index in [2.05, 4.69) is 15.8 Å². The van der Waals surface area contributed by atoms with Gasteiger partial charge in [0.25, 0.3) is 5.91 Å². The summed E-state index contributed by atoms with van der Waals surface area (Å²) in [5.41, 5.74) is 3.17. The molecule has 1 amide bonds. The number of amides is 1. The average Bonchev–Trinajstić information content (AvgIpc) is 3.01. The van der Waals surface area contributed by atoms with Crippen LogP contribution >= 0.6 is 11.6 Å². The van der Waals surface area contributed by atoms with Crippen molar-refractivity contribution in [2.45, 2.75) is 38.1 Å². The van der Waals surface area contributed by atoms with Crippen LogP contribution in [0.2, 0.25) is 5.02 Å². The van der Waals surface area contributed by atoms with Gasteiger partial charge in [0.2, 0.25) is 6.79 Å². The summed E-state index contributed by atoms with van der Waals surface area (Å²) in [4.78, 5) is 11.8. The van der Waals surface area contributed by atoms with Crippen LogP contribution in [0.15, 0.2) is 17.2 Å². The zero-order chi connectivity index (χ0) is 16.1. The first-order valence-electron chi connectivity index (χ1n) is 7.87. The number of benzene rings is 1. The van der Waals surface area contributed by atoms with E-state index in [9.17, 15) is 4.79 Å². The molecule has 0 unspecified atom stereocenters. The summed E-state index contributed by atoms with van der Waals surface area (Å²) in [5, 5.41) is 7.71. The molecule has 0 spiro atoms. The Morgan fingerprint density at radius 3 is 2.78 bits per heavy atom. The van der Waals surface area contributed by atoms with Gasteiger partial charge in [0.1, 0.15) is 0 Å². The van der Waals surface area contributed by atoms with Crippen molar-refractivity contribution in [1.29, 1.82) is 0 Å². The van der Waals surface area contributed by atoms with Crippen LogP contribution in [0.3, 0.4) is 0 Å². The van der Waals surface area contributed by atoms with Gasteiger partial charge in [-0.25, -0.2) is 5.43 Å². The van der Waals surface area contributed by atoms with Crippen LogP contribution in [0.1, 0.15) is 37.7 Å². The Morgan fingerprint density at radius 1 is 1.26 bits per heavy atom. The number of hydrogen-bond acceptors (Lipinski definition) is 5. The Bertz CT molecular complexity index is 600. The Balaban J connectivity index is 1.47. The fraction of sp³-hybridized carbons (Fsp3) is 0.500. The minimum atomic E-state index is -0.163. The Labute approximate surface area is 140 Å². The number of carbonyl (C=O) groups excluding carboxylic acids is 1. The maximum absolute atomic E-state index is 11.8. The van der Waals surface area contributed by atoms with E-state index in [-0.39, 0.29) is 19.2 Å². The van der Waals surface area contributed by atoms with Crippen LogP contribution < -0.4 is 20.2 Å². The third-order valence-electron chi connectivity index (χ3n) is 4.04. The number of nitrogens with zero attached hydrogens (tertiary/aromatic N) is 1. The molecule has 1 aromatic rings. The molecular weight excluding hydrogens is 318 g/mol. The van der Waals surface area contributed by atoms with Crippen LogP contribution in [-0.4, -0.2) is 31.5 Å². The highest BCUT2D eigenvalue weighted by Crippen LogP contribution is 2.36. The molecule has 1 aromatic carbocycles. The van der Waals surface area contributed by atoms with Gasteiger partial charge in [0.05, 0.1) is 17.8 Å². The third-order valence-corrected chi connectivity index (χ3v) is 4.37. The lowest BCUT2D eigenvalue weighted by molar-refractivity contribution is -0.120. The summed E-state index contributed by atoms with van der Waals surface area (Å²) in [6, 6.07) is 3.86. The smallest absolute Gasteiger partial charge is 0.254 e. The van der Waals surface area contributed by atoms with Gasteiger partial charge in [-0.2, -0.15) is 5.10 Å². The standard InChI is InChI=1S/C16H20ClN3O3/c17-13-7-15-14(22-10-23-15)6-11(13)8-19-20-16(21)9-18-12-4-2-1-3-5-12/h6-8,12,18H,1-5,9-10H2,(H,20,21)/b19-8-. The Hall–Kier alpha value is -1.79. The fourth-order valence-corrected chi connectivity index (χ4v) is 2.99. The van der Waals surface area contributed by atoms with Gasteiger partial charge in [0, 0.05) is 17.7 Å². The number of nitrogens with one attached hydrogen (secondary N) is 2. The van der Waals surface area contributed by atoms with Gasteiger partial charge < -0.3 is 14.8 Å². The van der Waals surface area contributed by atoms with Crippen molar-refractivity contribution < 1.29 is 14.3 Å². The zero-order valence-electron chi connectivity index (χ0n) is 12.8. The molecule has 124 valence electrons. The first kappa shape index (κ1) is 16.1. The summed E-state index contributed by atoms with van der Waals surface area (Å²) < 4.78 is 10.5. The monoisotopic (exact) mass is 337 g/mol. The first-order valence-corrected chi connectivity index (χ1v) is 8.24. The number of hydrogen-bond donors (Lipinski definition) is 2. The van der Waals surface area contributed by atoms with E-state index >= 15 is 0 Å². The van der Waals surface area contributed by atoms with Crippen LogP contribution in [0.25, 0.3) is 0 Å². The van der Waals surface area contributed by atoms with E-state index in [4.69, 9.17) is 21.1 Å². The molecule has 0 aromatic heterocycles. The molecule has 0 bridgehead atoms. The second-order valence-electron chi connectivity index (χ2n) is 5.74. The highest BCUT2D eigenvalue weighted by molar-refractivity contribution is 6.33. The quantitative estimate of drug-likeness (QED) is 0.639. The molecule has 0 saturated heterocycles. The van der Waals surface area contributed by atoms with Gasteiger partial charge >= 0.3 is 0 Å². The molecule has 6 nitrogen and oxygen atoms in total. The van der Waals surface area contributed by atoms with Crippen molar-refractivity contribution in [2.75, 3.05) is 13.3 Å². The second kappa shape index (κ2) is 7.66.